The summed E-state index contributed by atoms with van der Waals surface area (Å²) in [5, 5.41) is 0. The van der Waals surface area contributed by atoms with Crippen molar-refractivity contribution < 1.29 is 23.5 Å². The maximum atomic E-state index is 13.8. The number of carbonyl (C=O) groups is 2. The second-order valence-corrected chi connectivity index (χ2v) is 11.5. The Kier molecular flexibility index (Phi) is 10.7. The third-order valence-corrected chi connectivity index (χ3v) is 8.45. The molecule has 3 heterocycles. The van der Waals surface area contributed by atoms with E-state index in [1.54, 1.807) is 24.3 Å². The van der Waals surface area contributed by atoms with Gasteiger partial charge in [-0.1, -0.05) is 36.4 Å². The third kappa shape index (κ3) is 8.06. The molecule has 2 N–H and O–H groups in total. The van der Waals surface area contributed by atoms with E-state index in [0.717, 1.165) is 87.2 Å². The first-order valence-electron chi connectivity index (χ1n) is 15.2. The Bertz CT molecular complexity index is 1520. The lowest BCUT2D eigenvalue weighted by molar-refractivity contribution is -0.120. The van der Waals surface area contributed by atoms with Gasteiger partial charge in [0.1, 0.15) is 24.5 Å². The molecule has 44 heavy (non-hydrogen) atoms. The first kappa shape index (κ1) is 31.3. The summed E-state index contributed by atoms with van der Waals surface area (Å²) < 4.78 is 27.4. The van der Waals surface area contributed by atoms with Crippen LogP contribution in [0.15, 0.2) is 71.6 Å². The predicted molar refractivity (Wildman–Crippen MR) is 167 cm³/mol. The highest BCUT2D eigenvalue weighted by atomic mass is 19.1. The summed E-state index contributed by atoms with van der Waals surface area (Å²) in [6.07, 6.45) is 10.9. The number of aliphatic imine (C=N–C) groups is 1. The smallest absolute Gasteiger partial charge is 0.218 e. The van der Waals surface area contributed by atoms with E-state index in [2.05, 4.69) is 27.3 Å². The van der Waals surface area contributed by atoms with Gasteiger partial charge in [-0.2, -0.15) is 0 Å². The Hall–Kier alpha value is -4.15. The maximum Gasteiger partial charge on any atom is 0.218 e. The Morgan fingerprint density at radius 2 is 2.02 bits per heavy atom. The summed E-state index contributed by atoms with van der Waals surface area (Å²) in [4.78, 5) is 34.4. The number of aldehydes is 1. The molecule has 2 saturated heterocycles. The number of imidazole rings is 1. The molecule has 5 rings (SSSR count). The summed E-state index contributed by atoms with van der Waals surface area (Å²) in [6.45, 7) is 7.85. The fourth-order valence-electron chi connectivity index (χ4n) is 5.76. The van der Waals surface area contributed by atoms with Crippen molar-refractivity contribution >= 4 is 29.9 Å². The van der Waals surface area contributed by atoms with E-state index in [4.69, 9.17) is 20.2 Å². The van der Waals surface area contributed by atoms with Crippen LogP contribution < -0.4 is 5.73 Å². The zero-order valence-electron chi connectivity index (χ0n) is 24.9. The van der Waals surface area contributed by atoms with Crippen LogP contribution in [0.3, 0.4) is 0 Å². The van der Waals surface area contributed by atoms with E-state index in [9.17, 15) is 14.0 Å². The van der Waals surface area contributed by atoms with Gasteiger partial charge in [-0.05, 0) is 81.2 Å². The van der Waals surface area contributed by atoms with E-state index >= 15 is 0 Å². The Labute approximate surface area is 257 Å². The average Bonchev–Trinajstić information content (AvgIpc) is 3.34. The number of piperidine rings is 1. The van der Waals surface area contributed by atoms with E-state index in [0.29, 0.717) is 17.4 Å². The Morgan fingerprint density at radius 1 is 1.23 bits per heavy atom. The molecule has 3 aromatic rings. The second kappa shape index (κ2) is 15.0. The Balaban J connectivity index is 1.17. The average molecular weight is 602 g/mol. The zero-order chi connectivity index (χ0) is 30.9. The molecule has 2 fully saturated rings. The minimum absolute atomic E-state index is 0.0194. The van der Waals surface area contributed by atoms with Gasteiger partial charge in [-0.15, -0.1) is 0 Å². The van der Waals surface area contributed by atoms with Crippen molar-refractivity contribution in [3.05, 3.63) is 89.3 Å². The Morgan fingerprint density at radius 3 is 2.70 bits per heavy atom. The minimum Gasteiger partial charge on any atom is -0.473 e. The molecule has 2 aliphatic rings. The van der Waals surface area contributed by atoms with Crippen LogP contribution in [-0.4, -0.2) is 59.2 Å². The predicted octanol–water partition coefficient (Wildman–Crippen LogP) is 5.04. The maximum absolute atomic E-state index is 13.8. The van der Waals surface area contributed by atoms with Crippen LogP contribution >= 0.6 is 0 Å². The molecule has 10 heteroatoms. The second-order valence-electron chi connectivity index (χ2n) is 11.5. The molecule has 9 nitrogen and oxygen atoms in total. The molecule has 0 radical (unpaired) electrons. The number of ether oxygens (including phenoxy) is 2. The number of hydrogen-bond donors (Lipinski definition) is 1. The fourth-order valence-corrected chi connectivity index (χ4v) is 5.76. The van der Waals surface area contributed by atoms with Crippen molar-refractivity contribution in [3.63, 3.8) is 0 Å². The minimum atomic E-state index is -0.574. The largest absolute Gasteiger partial charge is 0.473 e. The summed E-state index contributed by atoms with van der Waals surface area (Å²) in [6, 6.07) is 12.3. The molecule has 0 aliphatic carbocycles. The zero-order valence-corrected chi connectivity index (χ0v) is 24.9. The number of fused-ring (bicyclic) bond motifs is 1. The van der Waals surface area contributed by atoms with E-state index in [-0.39, 0.29) is 24.9 Å². The number of nitrogens with zero attached hydrogens (tertiary/aromatic N) is 4. The van der Waals surface area contributed by atoms with E-state index < -0.39 is 11.8 Å². The lowest BCUT2D eigenvalue weighted by atomic mass is 9.93. The molecule has 2 atom stereocenters. The quantitative estimate of drug-likeness (QED) is 0.113. The van der Waals surface area contributed by atoms with Crippen molar-refractivity contribution in [2.75, 3.05) is 19.7 Å². The first-order valence-corrected chi connectivity index (χ1v) is 15.2. The molecular weight excluding hydrogens is 561 g/mol. The van der Waals surface area contributed by atoms with Gasteiger partial charge < -0.3 is 24.6 Å². The highest BCUT2D eigenvalue weighted by Gasteiger charge is 2.25. The van der Waals surface area contributed by atoms with Crippen LogP contribution in [0.1, 0.15) is 55.0 Å². The topological polar surface area (TPSA) is 112 Å². The van der Waals surface area contributed by atoms with E-state index in [1.165, 1.54) is 6.07 Å². The van der Waals surface area contributed by atoms with Crippen LogP contribution in [-0.2, 0) is 38.8 Å². The standard InChI is InChI=1S/C34H40FN5O4/c1-37-34(44-23-26-7-3-4-8-29(26)35)9-5-2-6-24-12-15-39(16-13-24)21-33-38-30-18-25(27(22-41)19-32(36)42)10-11-31(30)40(33)20-28-14-17-43-28/h2-5,7-11,18,22,24,27-28H,1,6,12-17,19-21,23H2,(H2,36,42)/b5-2-,34-9+/t27?,28-/m0/s1. The number of halogens is 1. The van der Waals surface area contributed by atoms with Crippen LogP contribution in [0, 0.1) is 11.7 Å². The lowest BCUT2D eigenvalue weighted by Crippen LogP contribution is -2.35. The van der Waals surface area contributed by atoms with Crippen molar-refractivity contribution in [2.24, 2.45) is 16.6 Å². The van der Waals surface area contributed by atoms with Crippen molar-refractivity contribution in [3.8, 4) is 0 Å². The van der Waals surface area contributed by atoms with Crippen LogP contribution in [0.2, 0.25) is 0 Å². The van der Waals surface area contributed by atoms with Gasteiger partial charge in [-0.3, -0.25) is 9.69 Å². The molecule has 0 saturated carbocycles. The third-order valence-electron chi connectivity index (χ3n) is 8.45. The molecule has 0 spiro atoms. The molecular formula is C34H40FN5O4. The van der Waals surface area contributed by atoms with Crippen molar-refractivity contribution in [1.82, 2.24) is 14.5 Å². The number of rotatable bonds is 15. The highest BCUT2D eigenvalue weighted by Crippen LogP contribution is 2.28. The number of likely N-dealkylation sites (tertiary alicyclic amines) is 1. The normalized spacial score (nSPS) is 18.8. The molecule has 2 aromatic carbocycles. The fraction of sp³-hybridized carbons (Fsp3) is 0.412. The number of carbonyl (C=O) groups excluding carboxylic acids is 2. The number of aromatic nitrogens is 2. The summed E-state index contributed by atoms with van der Waals surface area (Å²) in [5.41, 5.74) is 8.39. The van der Waals surface area contributed by atoms with Crippen molar-refractivity contribution in [1.29, 1.82) is 0 Å². The van der Waals surface area contributed by atoms with Gasteiger partial charge in [0.05, 0.1) is 30.2 Å². The highest BCUT2D eigenvalue weighted by molar-refractivity contribution is 5.82. The number of primary amides is 1. The van der Waals surface area contributed by atoms with Gasteiger partial charge in [0.15, 0.2) is 0 Å². The molecule has 1 amide bonds. The molecule has 2 aliphatic heterocycles. The number of allylic oxidation sites excluding steroid dienone is 3. The summed E-state index contributed by atoms with van der Waals surface area (Å²) >= 11 is 0. The van der Waals surface area contributed by atoms with Gasteiger partial charge in [0.2, 0.25) is 11.8 Å². The van der Waals surface area contributed by atoms with Gasteiger partial charge in [-0.25, -0.2) is 14.4 Å². The van der Waals surface area contributed by atoms with Gasteiger partial charge >= 0.3 is 0 Å². The molecule has 1 aromatic heterocycles. The monoisotopic (exact) mass is 601 g/mol. The molecule has 1 unspecified atom stereocenters. The number of amides is 1. The molecule has 232 valence electrons. The lowest BCUT2D eigenvalue weighted by Gasteiger charge is -2.32. The number of hydrogen-bond acceptors (Lipinski definition) is 7. The summed E-state index contributed by atoms with van der Waals surface area (Å²) in [5.74, 6) is 0.530. The van der Waals surface area contributed by atoms with Crippen LogP contribution in [0.25, 0.3) is 11.0 Å². The van der Waals surface area contributed by atoms with Gasteiger partial charge in [0.25, 0.3) is 0 Å². The van der Waals surface area contributed by atoms with Gasteiger partial charge in [0, 0.05) is 24.5 Å². The van der Waals surface area contributed by atoms with Crippen LogP contribution in [0.5, 0.6) is 0 Å². The van der Waals surface area contributed by atoms with Crippen molar-refractivity contribution in [2.45, 2.75) is 63.8 Å². The first-order chi connectivity index (χ1) is 21.4. The van der Waals surface area contributed by atoms with E-state index in [1.807, 2.05) is 24.3 Å². The summed E-state index contributed by atoms with van der Waals surface area (Å²) in [7, 11) is 0. The number of nitrogens with two attached hydrogens (primary N) is 1. The number of benzene rings is 2. The molecule has 0 bridgehead atoms. The SMILES string of the molecule is C=N/C(=C\C=C/CC1CCN(Cc2nc3cc(C(C=O)CC(N)=O)ccc3n2C[C@@H]2CCO2)CC1)OCc1ccccc1F. The van der Waals surface area contributed by atoms with Crippen LogP contribution in [0.4, 0.5) is 4.39 Å².